The first-order valence-electron chi connectivity index (χ1n) is 7.62. The van der Waals surface area contributed by atoms with E-state index in [1.165, 1.54) is 0 Å². The summed E-state index contributed by atoms with van der Waals surface area (Å²) in [7, 11) is -0.317. The monoisotopic (exact) mass is 286 g/mol. The largest absolute Gasteiger partial charge is 0.487 e. The molecule has 0 aliphatic carbocycles. The molecule has 2 saturated heterocycles. The zero-order valence-electron chi connectivity index (χ0n) is 13.2. The fourth-order valence-electron chi connectivity index (χ4n) is 2.44. The van der Waals surface area contributed by atoms with Gasteiger partial charge in [0.2, 0.25) is 0 Å². The Balaban J connectivity index is 1.69. The number of hydrogen-bond acceptors (Lipinski definition) is 4. The van der Waals surface area contributed by atoms with Gasteiger partial charge in [-0.3, -0.25) is 4.98 Å². The van der Waals surface area contributed by atoms with Crippen molar-refractivity contribution in [1.82, 2.24) is 10.3 Å². The van der Waals surface area contributed by atoms with Crippen molar-refractivity contribution < 1.29 is 9.31 Å². The number of nitrogens with zero attached hydrogens (tertiary/aromatic N) is 1. The summed E-state index contributed by atoms with van der Waals surface area (Å²) in [6.45, 7) is 9.31. The molecule has 0 radical (unpaired) electrons. The maximum Gasteiger partial charge on any atom is 0.487 e. The Hall–Kier alpha value is -1.17. The third-order valence-electron chi connectivity index (χ3n) is 4.67. The van der Waals surface area contributed by atoms with Gasteiger partial charge < -0.3 is 14.6 Å². The Kier molecular flexibility index (Phi) is 3.68. The Morgan fingerprint density at radius 3 is 2.48 bits per heavy atom. The van der Waals surface area contributed by atoms with Crippen molar-refractivity contribution in [3.05, 3.63) is 35.6 Å². The van der Waals surface area contributed by atoms with Crippen LogP contribution >= 0.6 is 0 Å². The van der Waals surface area contributed by atoms with Crippen LogP contribution in [-0.2, 0) is 9.31 Å². The van der Waals surface area contributed by atoms with E-state index in [1.807, 2.05) is 24.2 Å². The molecule has 3 heterocycles. The van der Waals surface area contributed by atoms with Crippen molar-refractivity contribution in [3.8, 4) is 0 Å². The molecule has 2 aliphatic rings. The van der Waals surface area contributed by atoms with Crippen LogP contribution in [0.3, 0.4) is 0 Å². The number of aromatic nitrogens is 1. The average Bonchev–Trinajstić information content (AvgIpc) is 2.54. The molecule has 1 aromatic heterocycles. The molecule has 0 bridgehead atoms. The molecule has 21 heavy (non-hydrogen) atoms. The summed E-state index contributed by atoms with van der Waals surface area (Å²) >= 11 is 0. The first kappa shape index (κ1) is 14.8. The van der Waals surface area contributed by atoms with Crippen LogP contribution in [0.25, 0.3) is 6.08 Å². The molecule has 0 aromatic carbocycles. The van der Waals surface area contributed by atoms with Crippen molar-refractivity contribution in [2.24, 2.45) is 0 Å². The minimum atomic E-state index is -0.317. The molecule has 0 amide bonds. The highest BCUT2D eigenvalue weighted by atomic mass is 16.7. The van der Waals surface area contributed by atoms with E-state index in [0.717, 1.165) is 24.4 Å². The van der Waals surface area contributed by atoms with E-state index >= 15 is 0 Å². The van der Waals surface area contributed by atoms with Crippen molar-refractivity contribution >= 4 is 13.2 Å². The lowest BCUT2D eigenvalue weighted by Gasteiger charge is -2.32. The molecule has 5 heteroatoms. The molecule has 112 valence electrons. The highest BCUT2D eigenvalue weighted by Gasteiger charge is 2.50. The van der Waals surface area contributed by atoms with Crippen LogP contribution in [0.2, 0.25) is 0 Å². The molecule has 1 N–H and O–H groups in total. The molecule has 0 spiro atoms. The molecule has 4 nitrogen and oxygen atoms in total. The highest BCUT2D eigenvalue weighted by molar-refractivity contribution is 6.52. The molecule has 0 saturated carbocycles. The Morgan fingerprint density at radius 1 is 1.24 bits per heavy atom. The standard InChI is InChI=1S/C16H23BN2O2/c1-15(2)16(3,4)21-17(20-15)10-8-12-6-5-7-14(19-12)13-9-11-18-13/h5-8,10,13,18H,9,11H2,1-4H3/b10-8+/t13-/m1/s1. The maximum atomic E-state index is 5.95. The molecule has 1 aromatic rings. The lowest BCUT2D eigenvalue weighted by Crippen LogP contribution is -2.41. The molecular weight excluding hydrogens is 263 g/mol. The molecule has 0 unspecified atom stereocenters. The van der Waals surface area contributed by atoms with Crippen molar-refractivity contribution in [1.29, 1.82) is 0 Å². The van der Waals surface area contributed by atoms with E-state index < -0.39 is 0 Å². The number of hydrogen-bond donors (Lipinski definition) is 1. The van der Waals surface area contributed by atoms with E-state index in [2.05, 4.69) is 44.1 Å². The average molecular weight is 286 g/mol. The Labute approximate surface area is 127 Å². The second-order valence-electron chi connectivity index (χ2n) is 6.77. The molecular formula is C16H23BN2O2. The Morgan fingerprint density at radius 2 is 1.90 bits per heavy atom. The maximum absolute atomic E-state index is 5.95. The van der Waals surface area contributed by atoms with Crippen LogP contribution in [0.5, 0.6) is 0 Å². The topological polar surface area (TPSA) is 43.4 Å². The minimum Gasteiger partial charge on any atom is -0.400 e. The number of pyridine rings is 1. The first-order chi connectivity index (χ1) is 9.87. The van der Waals surface area contributed by atoms with Crippen molar-refractivity contribution in [2.45, 2.75) is 51.4 Å². The predicted octanol–water partition coefficient (Wildman–Crippen LogP) is 2.76. The van der Waals surface area contributed by atoms with E-state index in [-0.39, 0.29) is 18.3 Å². The summed E-state index contributed by atoms with van der Waals surface area (Å²) in [6, 6.07) is 6.54. The van der Waals surface area contributed by atoms with Crippen LogP contribution in [0.1, 0.15) is 51.5 Å². The second-order valence-corrected chi connectivity index (χ2v) is 6.77. The van der Waals surface area contributed by atoms with Crippen LogP contribution in [0, 0.1) is 0 Å². The van der Waals surface area contributed by atoms with E-state index in [0.29, 0.717) is 6.04 Å². The van der Waals surface area contributed by atoms with Crippen molar-refractivity contribution in [2.75, 3.05) is 6.54 Å². The van der Waals surface area contributed by atoms with Gasteiger partial charge >= 0.3 is 7.12 Å². The third kappa shape index (κ3) is 2.91. The van der Waals surface area contributed by atoms with Gasteiger partial charge in [-0.05, 0) is 58.9 Å². The van der Waals surface area contributed by atoms with Crippen LogP contribution in [-0.4, -0.2) is 29.8 Å². The number of rotatable bonds is 3. The summed E-state index contributed by atoms with van der Waals surface area (Å²) in [5.74, 6) is 1.94. The highest BCUT2D eigenvalue weighted by Crippen LogP contribution is 2.37. The fourth-order valence-corrected chi connectivity index (χ4v) is 2.44. The SMILES string of the molecule is CC1(C)OB(/C=C/c2cccc([C@H]3CCN3)n2)OC1(C)C. The zero-order chi connectivity index (χ0) is 15.1. The normalized spacial score (nSPS) is 27.0. The minimum absolute atomic E-state index is 0.298. The molecule has 2 aliphatic heterocycles. The summed E-state index contributed by atoms with van der Waals surface area (Å²) in [5.41, 5.74) is 1.45. The summed E-state index contributed by atoms with van der Waals surface area (Å²) in [5, 5.41) is 3.37. The zero-order valence-corrected chi connectivity index (χ0v) is 13.2. The van der Waals surface area contributed by atoms with Gasteiger partial charge in [-0.15, -0.1) is 0 Å². The van der Waals surface area contributed by atoms with Gasteiger partial charge in [-0.1, -0.05) is 12.0 Å². The summed E-state index contributed by atoms with van der Waals surface area (Å²) < 4.78 is 11.9. The summed E-state index contributed by atoms with van der Waals surface area (Å²) in [4.78, 5) is 4.67. The Bertz CT molecular complexity index is 537. The first-order valence-corrected chi connectivity index (χ1v) is 7.62. The van der Waals surface area contributed by atoms with Crippen LogP contribution in [0.4, 0.5) is 0 Å². The van der Waals surface area contributed by atoms with Gasteiger partial charge in [-0.2, -0.15) is 0 Å². The van der Waals surface area contributed by atoms with Gasteiger partial charge in [-0.25, -0.2) is 0 Å². The van der Waals surface area contributed by atoms with Crippen LogP contribution in [0.15, 0.2) is 24.2 Å². The van der Waals surface area contributed by atoms with Gasteiger partial charge in [0.25, 0.3) is 0 Å². The van der Waals surface area contributed by atoms with Gasteiger partial charge in [0, 0.05) is 0 Å². The van der Waals surface area contributed by atoms with Gasteiger partial charge in [0.05, 0.1) is 28.6 Å². The smallest absolute Gasteiger partial charge is 0.400 e. The molecule has 2 fully saturated rings. The molecule has 1 atom stereocenters. The van der Waals surface area contributed by atoms with Crippen LogP contribution < -0.4 is 5.32 Å². The van der Waals surface area contributed by atoms with Crippen molar-refractivity contribution in [3.63, 3.8) is 0 Å². The van der Waals surface area contributed by atoms with Gasteiger partial charge in [0.1, 0.15) is 0 Å². The van der Waals surface area contributed by atoms with Gasteiger partial charge in [0.15, 0.2) is 0 Å². The predicted molar refractivity (Wildman–Crippen MR) is 84.7 cm³/mol. The third-order valence-corrected chi connectivity index (χ3v) is 4.67. The van der Waals surface area contributed by atoms with E-state index in [9.17, 15) is 0 Å². The fraction of sp³-hybridized carbons (Fsp3) is 0.562. The number of nitrogens with one attached hydrogen (secondary N) is 1. The lowest BCUT2D eigenvalue weighted by atomic mass is 9.89. The lowest BCUT2D eigenvalue weighted by molar-refractivity contribution is 0.00578. The van der Waals surface area contributed by atoms with E-state index in [4.69, 9.17) is 9.31 Å². The second kappa shape index (κ2) is 5.23. The summed E-state index contributed by atoms with van der Waals surface area (Å²) in [6.07, 6.45) is 3.14. The quantitative estimate of drug-likeness (QED) is 0.868. The van der Waals surface area contributed by atoms with E-state index in [1.54, 1.807) is 0 Å². The molecule has 3 rings (SSSR count).